The van der Waals surface area contributed by atoms with Gasteiger partial charge in [0.25, 0.3) is 0 Å². The highest BCUT2D eigenvalue weighted by molar-refractivity contribution is 8.13. The highest BCUT2D eigenvalue weighted by atomic mass is 32.2. The summed E-state index contributed by atoms with van der Waals surface area (Å²) in [5.74, 6) is 2.41. The number of phenols is 2. The minimum Gasteiger partial charge on any atom is -0.504 e. The molecule has 2 aliphatic heterocycles. The zero-order valence-corrected chi connectivity index (χ0v) is 24.4. The molecule has 0 unspecified atom stereocenters. The number of hydrogen-bond acceptors (Lipinski definition) is 8. The number of rotatable bonds is 6. The lowest BCUT2D eigenvalue weighted by Gasteiger charge is -2.59. The quantitative estimate of drug-likeness (QED) is 0.226. The van der Waals surface area contributed by atoms with Gasteiger partial charge >= 0.3 is 0 Å². The Morgan fingerprint density at radius 1 is 0.976 bits per heavy atom. The molecule has 0 radical (unpaired) electrons. The van der Waals surface area contributed by atoms with E-state index in [1.165, 1.54) is 0 Å². The molecule has 1 saturated carbocycles. The van der Waals surface area contributed by atoms with E-state index in [1.807, 2.05) is 36.4 Å². The van der Waals surface area contributed by atoms with E-state index in [-0.39, 0.29) is 35.3 Å². The first-order valence-electron chi connectivity index (χ1n) is 14.0. The van der Waals surface area contributed by atoms with Crippen LogP contribution in [0.5, 0.6) is 28.7 Å². The number of nitrogens with one attached hydrogen (secondary N) is 1. The molecule has 0 aromatic heterocycles. The van der Waals surface area contributed by atoms with Gasteiger partial charge in [0.2, 0.25) is 5.75 Å². The van der Waals surface area contributed by atoms with E-state index >= 15 is 0 Å². The van der Waals surface area contributed by atoms with Crippen molar-refractivity contribution in [1.82, 2.24) is 5.32 Å². The van der Waals surface area contributed by atoms with Crippen LogP contribution in [0.1, 0.15) is 48.4 Å². The van der Waals surface area contributed by atoms with Crippen LogP contribution in [0.25, 0.3) is 0 Å². The second-order valence-corrected chi connectivity index (χ2v) is 12.2. The van der Waals surface area contributed by atoms with Gasteiger partial charge < -0.3 is 29.7 Å². The summed E-state index contributed by atoms with van der Waals surface area (Å²) in [5.41, 5.74) is 2.16. The first kappa shape index (κ1) is 27.4. The number of thioether (sulfide) groups is 1. The van der Waals surface area contributed by atoms with E-state index in [0.717, 1.165) is 46.2 Å². The molecule has 3 aromatic carbocycles. The van der Waals surface area contributed by atoms with Crippen molar-refractivity contribution in [2.24, 2.45) is 22.7 Å². The van der Waals surface area contributed by atoms with Crippen LogP contribution in [-0.2, 0) is 0 Å². The topological polar surface area (TPSA) is 92.5 Å². The molecule has 2 heterocycles. The summed E-state index contributed by atoms with van der Waals surface area (Å²) >= 11 is 1.59. The Kier molecular flexibility index (Phi) is 7.28. The lowest BCUT2D eigenvalue weighted by molar-refractivity contribution is -0.127. The van der Waals surface area contributed by atoms with Crippen molar-refractivity contribution in [1.29, 1.82) is 0 Å². The lowest BCUT2D eigenvalue weighted by Crippen LogP contribution is -2.70. The van der Waals surface area contributed by atoms with Gasteiger partial charge in [-0.2, -0.15) is 0 Å². The van der Waals surface area contributed by atoms with E-state index < -0.39 is 5.72 Å². The second kappa shape index (κ2) is 10.9. The van der Waals surface area contributed by atoms with E-state index in [0.29, 0.717) is 17.4 Å². The largest absolute Gasteiger partial charge is 0.504 e. The minimum atomic E-state index is -0.884. The number of methoxy groups -OCH3 is 2. The summed E-state index contributed by atoms with van der Waals surface area (Å²) in [5, 5.41) is 26.3. The molecule has 41 heavy (non-hydrogen) atoms. The van der Waals surface area contributed by atoms with Crippen molar-refractivity contribution < 1.29 is 24.4 Å². The van der Waals surface area contributed by atoms with Gasteiger partial charge in [-0.1, -0.05) is 55.1 Å². The molecule has 214 valence electrons. The lowest BCUT2D eigenvalue weighted by atomic mass is 9.58. The van der Waals surface area contributed by atoms with Crippen LogP contribution in [0, 0.1) is 17.8 Å². The molecule has 3 aliphatic rings. The fraction of sp³-hybridized carbons (Fsp3) is 0.364. The van der Waals surface area contributed by atoms with Gasteiger partial charge in [-0.25, -0.2) is 0 Å². The Balaban J connectivity index is 1.56. The summed E-state index contributed by atoms with van der Waals surface area (Å²) < 4.78 is 17.9. The summed E-state index contributed by atoms with van der Waals surface area (Å²) in [6.45, 7) is 6.21. The Morgan fingerprint density at radius 3 is 2.24 bits per heavy atom. The number of aliphatic imine (C=N–C) groups is 1. The van der Waals surface area contributed by atoms with Crippen LogP contribution >= 0.6 is 11.8 Å². The first-order chi connectivity index (χ1) is 19.9. The summed E-state index contributed by atoms with van der Waals surface area (Å²) in [7, 11) is 3.33. The Labute approximate surface area is 245 Å². The number of fused-ring (bicyclic) bond motifs is 1. The minimum absolute atomic E-state index is 0.0108. The highest BCUT2D eigenvalue weighted by Crippen LogP contribution is 2.61. The second-order valence-electron chi connectivity index (χ2n) is 11.2. The number of hydrogen-bond donors (Lipinski definition) is 3. The maximum absolute atomic E-state index is 11.2. The third-order valence-electron chi connectivity index (χ3n) is 8.77. The van der Waals surface area contributed by atoms with E-state index in [1.54, 1.807) is 32.0 Å². The van der Waals surface area contributed by atoms with Gasteiger partial charge in [0, 0.05) is 29.1 Å². The molecule has 8 heteroatoms. The van der Waals surface area contributed by atoms with Crippen LogP contribution in [0.2, 0.25) is 0 Å². The number of ether oxygens (including phenoxy) is 3. The SMILES string of the molecule is C=CCSC1=N[C@H](c2ccc(OC)cc2)[C@H]2C[C@@H](C)C[C@@H]3[C@@H](c4ccc(OC)cc4)c4ccc(O)c(O)c4O[C@]32N1. The molecule has 6 atom stereocenters. The zero-order chi connectivity index (χ0) is 28.7. The van der Waals surface area contributed by atoms with Crippen molar-refractivity contribution in [2.45, 2.75) is 37.5 Å². The van der Waals surface area contributed by atoms with Gasteiger partial charge in [0.15, 0.2) is 22.4 Å². The molecule has 0 saturated heterocycles. The molecule has 3 aromatic rings. The molecule has 0 bridgehead atoms. The number of amidine groups is 1. The van der Waals surface area contributed by atoms with Crippen LogP contribution in [0.3, 0.4) is 0 Å². The summed E-state index contributed by atoms with van der Waals surface area (Å²) in [6, 6.07) is 19.5. The van der Waals surface area contributed by atoms with Gasteiger partial charge in [-0.15, -0.1) is 6.58 Å². The third-order valence-corrected chi connectivity index (χ3v) is 9.66. The van der Waals surface area contributed by atoms with Gasteiger partial charge in [0.05, 0.1) is 20.3 Å². The molecule has 0 amide bonds. The predicted octanol–water partition coefficient (Wildman–Crippen LogP) is 6.62. The third kappa shape index (κ3) is 4.68. The van der Waals surface area contributed by atoms with E-state index in [4.69, 9.17) is 19.2 Å². The fourth-order valence-corrected chi connectivity index (χ4v) is 7.67. The van der Waals surface area contributed by atoms with Crippen LogP contribution in [0.4, 0.5) is 0 Å². The van der Waals surface area contributed by atoms with Gasteiger partial charge in [0.1, 0.15) is 11.5 Å². The van der Waals surface area contributed by atoms with Crippen LogP contribution in [-0.4, -0.2) is 41.1 Å². The van der Waals surface area contributed by atoms with Crippen molar-refractivity contribution in [3.05, 3.63) is 90.0 Å². The predicted molar refractivity (Wildman–Crippen MR) is 162 cm³/mol. The molecule has 1 aliphatic carbocycles. The van der Waals surface area contributed by atoms with E-state index in [9.17, 15) is 10.2 Å². The molecular formula is C33H36N2O5S. The fourth-order valence-electron chi connectivity index (χ4n) is 6.97. The molecule has 1 spiro atoms. The van der Waals surface area contributed by atoms with Crippen LogP contribution < -0.4 is 19.5 Å². The average Bonchev–Trinajstić information content (AvgIpc) is 3.00. The van der Waals surface area contributed by atoms with Crippen molar-refractivity contribution in [3.8, 4) is 28.7 Å². The van der Waals surface area contributed by atoms with Crippen LogP contribution in [0.15, 0.2) is 78.3 Å². The average molecular weight is 573 g/mol. The molecule has 3 N–H and O–H groups in total. The smallest absolute Gasteiger partial charge is 0.200 e. The molecule has 6 rings (SSSR count). The Hall–Kier alpha value is -3.78. The van der Waals surface area contributed by atoms with Gasteiger partial charge in [-0.05, 0) is 60.2 Å². The number of nitrogens with zero attached hydrogens (tertiary/aromatic N) is 1. The molecule has 7 nitrogen and oxygen atoms in total. The van der Waals surface area contributed by atoms with Crippen molar-refractivity contribution >= 4 is 16.9 Å². The van der Waals surface area contributed by atoms with Gasteiger partial charge in [-0.3, -0.25) is 4.99 Å². The maximum Gasteiger partial charge on any atom is 0.200 e. The monoisotopic (exact) mass is 572 g/mol. The Morgan fingerprint density at radius 2 is 1.61 bits per heavy atom. The standard InChI is InChI=1S/C33H36N2O5S/c1-5-16-41-32-34-29(21-8-12-23(39-4)13-9-21)26-18-19(2)17-25-28(20-6-10-22(38-3)11-7-20)24-14-15-27(36)30(37)31(24)40-33(25,26)35-32/h5-15,19,25-26,28-29,36-37H,1,16-18H2,2-4H3,(H,34,35)/t19-,25+,26+,28-,29+,33+/m0/s1. The normalized spacial score (nSPS) is 28.1. The first-order valence-corrected chi connectivity index (χ1v) is 15.0. The molecule has 1 fully saturated rings. The number of phenolic OH excluding ortho intramolecular Hbond substituents is 2. The number of aromatic hydroxyl groups is 2. The van der Waals surface area contributed by atoms with E-state index in [2.05, 4.69) is 43.1 Å². The number of benzene rings is 3. The van der Waals surface area contributed by atoms with Crippen molar-refractivity contribution in [2.75, 3.05) is 20.0 Å². The summed E-state index contributed by atoms with van der Waals surface area (Å²) in [6.07, 6.45) is 3.66. The van der Waals surface area contributed by atoms with Crippen molar-refractivity contribution in [3.63, 3.8) is 0 Å². The maximum atomic E-state index is 11.2. The molecular weight excluding hydrogens is 536 g/mol. The zero-order valence-electron chi connectivity index (χ0n) is 23.5. The summed E-state index contributed by atoms with van der Waals surface area (Å²) in [4.78, 5) is 5.24. The Bertz CT molecular complexity index is 1460. The highest BCUT2D eigenvalue weighted by Gasteiger charge is 2.62.